The normalized spacial score (nSPS) is 11.0. The van der Waals surface area contributed by atoms with Crippen LogP contribution in [0.5, 0.6) is 5.75 Å². The molecular formula is C24H30N4O2S. The molecule has 1 N–H and O–H groups in total. The summed E-state index contributed by atoms with van der Waals surface area (Å²) in [7, 11) is 0. The van der Waals surface area contributed by atoms with Gasteiger partial charge in [0.25, 0.3) is 0 Å². The first-order valence-corrected chi connectivity index (χ1v) is 11.6. The molecule has 3 aromatic rings. The maximum Gasteiger partial charge on any atom is 0.234 e. The lowest BCUT2D eigenvalue weighted by molar-refractivity contribution is -0.113. The summed E-state index contributed by atoms with van der Waals surface area (Å²) in [6, 6.07) is 15.9. The molecule has 0 unspecified atom stereocenters. The van der Waals surface area contributed by atoms with Crippen LogP contribution in [-0.4, -0.2) is 26.4 Å². The summed E-state index contributed by atoms with van der Waals surface area (Å²) in [4.78, 5) is 12.4. The molecule has 164 valence electrons. The number of thioether (sulfide) groups is 1. The fourth-order valence-electron chi connectivity index (χ4n) is 3.01. The van der Waals surface area contributed by atoms with E-state index in [0.717, 1.165) is 40.9 Å². The van der Waals surface area contributed by atoms with Crippen LogP contribution in [-0.2, 0) is 24.4 Å². The topological polar surface area (TPSA) is 69.0 Å². The van der Waals surface area contributed by atoms with Crippen LogP contribution in [0.2, 0.25) is 0 Å². The number of aromatic nitrogens is 3. The molecule has 1 amide bonds. The molecule has 2 aromatic carbocycles. The highest BCUT2D eigenvalue weighted by atomic mass is 32.2. The molecular weight excluding hydrogens is 408 g/mol. The lowest BCUT2D eigenvalue weighted by Crippen LogP contribution is -2.16. The summed E-state index contributed by atoms with van der Waals surface area (Å²) in [6.07, 6.45) is 1.00. The zero-order valence-corrected chi connectivity index (χ0v) is 19.4. The summed E-state index contributed by atoms with van der Waals surface area (Å²) in [5.74, 6) is 2.18. The van der Waals surface area contributed by atoms with E-state index in [0.29, 0.717) is 12.5 Å². The summed E-state index contributed by atoms with van der Waals surface area (Å²) < 4.78 is 7.98. The number of hydrogen-bond donors (Lipinski definition) is 1. The number of benzene rings is 2. The minimum Gasteiger partial charge on any atom is -0.486 e. The molecule has 0 spiro atoms. The van der Waals surface area contributed by atoms with Crippen molar-refractivity contribution in [3.05, 3.63) is 65.5 Å². The number of anilines is 1. The van der Waals surface area contributed by atoms with Gasteiger partial charge in [-0.05, 0) is 49.1 Å². The van der Waals surface area contributed by atoms with Gasteiger partial charge >= 0.3 is 0 Å². The number of amides is 1. The zero-order chi connectivity index (χ0) is 22.2. The molecule has 0 aliphatic rings. The number of aryl methyl sites for hydroxylation is 2. The summed E-state index contributed by atoms with van der Waals surface area (Å²) >= 11 is 1.39. The van der Waals surface area contributed by atoms with Gasteiger partial charge in [0, 0.05) is 12.2 Å². The lowest BCUT2D eigenvalue weighted by atomic mass is 10.2. The first-order chi connectivity index (χ1) is 14.9. The van der Waals surface area contributed by atoms with Gasteiger partial charge < -0.3 is 14.6 Å². The SMILES string of the molecule is CCc1ccc(OCc2nnc(SCC(=O)Nc3ccc(C)cc3)n2CC(C)C)cc1. The zero-order valence-electron chi connectivity index (χ0n) is 18.6. The second kappa shape index (κ2) is 11.0. The van der Waals surface area contributed by atoms with Crippen molar-refractivity contribution in [3.8, 4) is 5.75 Å². The molecule has 31 heavy (non-hydrogen) atoms. The van der Waals surface area contributed by atoms with Crippen molar-refractivity contribution in [2.24, 2.45) is 5.92 Å². The van der Waals surface area contributed by atoms with Crippen LogP contribution in [0.3, 0.4) is 0 Å². The first kappa shape index (κ1) is 22.9. The van der Waals surface area contributed by atoms with Gasteiger partial charge in [-0.3, -0.25) is 4.79 Å². The van der Waals surface area contributed by atoms with Crippen LogP contribution in [0, 0.1) is 12.8 Å². The van der Waals surface area contributed by atoms with Crippen LogP contribution >= 0.6 is 11.8 Å². The molecule has 3 rings (SSSR count). The number of carbonyl (C=O) groups is 1. The maximum absolute atomic E-state index is 12.4. The van der Waals surface area contributed by atoms with Crippen LogP contribution in [0.15, 0.2) is 53.7 Å². The molecule has 0 atom stereocenters. The van der Waals surface area contributed by atoms with Crippen LogP contribution in [0.25, 0.3) is 0 Å². The fourth-order valence-corrected chi connectivity index (χ4v) is 3.78. The third-order valence-corrected chi connectivity index (χ3v) is 5.68. The molecule has 0 bridgehead atoms. The third kappa shape index (κ3) is 6.85. The van der Waals surface area contributed by atoms with E-state index in [9.17, 15) is 4.79 Å². The smallest absolute Gasteiger partial charge is 0.234 e. The summed E-state index contributed by atoms with van der Waals surface area (Å²) in [6.45, 7) is 9.54. The molecule has 7 heteroatoms. The molecule has 6 nitrogen and oxygen atoms in total. The molecule has 0 saturated heterocycles. The average molecular weight is 439 g/mol. The van der Waals surface area contributed by atoms with Crippen molar-refractivity contribution in [2.75, 3.05) is 11.1 Å². The van der Waals surface area contributed by atoms with Crippen molar-refractivity contribution in [2.45, 2.75) is 52.4 Å². The molecule has 1 heterocycles. The van der Waals surface area contributed by atoms with Gasteiger partial charge in [0.2, 0.25) is 5.91 Å². The van der Waals surface area contributed by atoms with E-state index in [4.69, 9.17) is 4.74 Å². The van der Waals surface area contributed by atoms with E-state index in [1.165, 1.54) is 17.3 Å². The Bertz CT molecular complexity index is 982. The van der Waals surface area contributed by atoms with E-state index in [1.54, 1.807) is 0 Å². The van der Waals surface area contributed by atoms with Crippen molar-refractivity contribution in [3.63, 3.8) is 0 Å². The number of nitrogens with zero attached hydrogens (tertiary/aromatic N) is 3. The quantitative estimate of drug-likeness (QED) is 0.445. The monoisotopic (exact) mass is 438 g/mol. The Morgan fingerprint density at radius 1 is 1.10 bits per heavy atom. The van der Waals surface area contributed by atoms with E-state index >= 15 is 0 Å². The number of nitrogens with one attached hydrogen (secondary N) is 1. The average Bonchev–Trinajstić information content (AvgIpc) is 3.13. The molecule has 0 radical (unpaired) electrons. The Labute approximate surface area is 188 Å². The molecule has 1 aromatic heterocycles. The highest BCUT2D eigenvalue weighted by molar-refractivity contribution is 7.99. The summed E-state index contributed by atoms with van der Waals surface area (Å²) in [5, 5.41) is 12.3. The maximum atomic E-state index is 12.4. The Morgan fingerprint density at radius 3 is 2.45 bits per heavy atom. The third-order valence-electron chi connectivity index (χ3n) is 4.71. The van der Waals surface area contributed by atoms with E-state index in [1.807, 2.05) is 43.3 Å². The number of hydrogen-bond acceptors (Lipinski definition) is 5. The van der Waals surface area contributed by atoms with Crippen LogP contribution in [0.1, 0.15) is 37.7 Å². The number of ether oxygens (including phenoxy) is 1. The molecule has 0 aliphatic heterocycles. The Balaban J connectivity index is 1.62. The van der Waals surface area contributed by atoms with Crippen LogP contribution < -0.4 is 10.1 Å². The highest BCUT2D eigenvalue weighted by Gasteiger charge is 2.16. The standard InChI is InChI=1S/C24H30N4O2S/c1-5-19-8-12-21(13-9-19)30-15-22-26-27-24(28(22)14-17(2)3)31-16-23(29)25-20-10-6-18(4)7-11-20/h6-13,17H,5,14-16H2,1-4H3,(H,25,29). The molecule has 0 aliphatic carbocycles. The van der Waals surface area contributed by atoms with Gasteiger partial charge in [0.05, 0.1) is 5.75 Å². The Hall–Kier alpha value is -2.80. The Morgan fingerprint density at radius 2 is 1.81 bits per heavy atom. The number of carbonyl (C=O) groups excluding carboxylic acids is 1. The van der Waals surface area contributed by atoms with Crippen molar-refractivity contribution in [1.82, 2.24) is 14.8 Å². The van der Waals surface area contributed by atoms with Gasteiger partial charge in [0.1, 0.15) is 12.4 Å². The predicted octanol–water partition coefficient (Wildman–Crippen LogP) is 5.11. The van der Waals surface area contributed by atoms with Gasteiger partial charge in [-0.25, -0.2) is 0 Å². The highest BCUT2D eigenvalue weighted by Crippen LogP contribution is 2.21. The van der Waals surface area contributed by atoms with Gasteiger partial charge in [-0.1, -0.05) is 62.4 Å². The molecule has 0 saturated carbocycles. The van der Waals surface area contributed by atoms with Gasteiger partial charge in [0.15, 0.2) is 11.0 Å². The van der Waals surface area contributed by atoms with Crippen molar-refractivity contribution < 1.29 is 9.53 Å². The first-order valence-electron chi connectivity index (χ1n) is 10.6. The van der Waals surface area contributed by atoms with E-state index < -0.39 is 0 Å². The largest absolute Gasteiger partial charge is 0.486 e. The minimum absolute atomic E-state index is 0.0678. The minimum atomic E-state index is -0.0678. The lowest BCUT2D eigenvalue weighted by Gasteiger charge is -2.13. The van der Waals surface area contributed by atoms with Gasteiger partial charge in [-0.15, -0.1) is 10.2 Å². The van der Waals surface area contributed by atoms with Crippen LogP contribution in [0.4, 0.5) is 5.69 Å². The fraction of sp³-hybridized carbons (Fsp3) is 0.375. The van der Waals surface area contributed by atoms with E-state index in [2.05, 4.69) is 53.0 Å². The van der Waals surface area contributed by atoms with E-state index in [-0.39, 0.29) is 11.7 Å². The summed E-state index contributed by atoms with van der Waals surface area (Å²) in [5.41, 5.74) is 3.23. The number of rotatable bonds is 10. The van der Waals surface area contributed by atoms with Crippen molar-refractivity contribution in [1.29, 1.82) is 0 Å². The van der Waals surface area contributed by atoms with Gasteiger partial charge in [-0.2, -0.15) is 0 Å². The second-order valence-electron chi connectivity index (χ2n) is 7.89. The second-order valence-corrected chi connectivity index (χ2v) is 8.83. The molecule has 0 fully saturated rings. The predicted molar refractivity (Wildman–Crippen MR) is 126 cm³/mol. The van der Waals surface area contributed by atoms with Crippen molar-refractivity contribution >= 4 is 23.4 Å². The Kier molecular flexibility index (Phi) is 8.12.